The van der Waals surface area contributed by atoms with Crippen molar-refractivity contribution >= 4 is 17.9 Å². The zero-order valence-electron chi connectivity index (χ0n) is 43.8. The van der Waals surface area contributed by atoms with Crippen LogP contribution in [0.1, 0.15) is 201 Å². The third kappa shape index (κ3) is 53.8. The summed E-state index contributed by atoms with van der Waals surface area (Å²) in [4.78, 5) is 38.1. The van der Waals surface area contributed by atoms with Crippen LogP contribution in [0.3, 0.4) is 0 Å². The molecule has 0 aromatic carbocycles. The van der Waals surface area contributed by atoms with E-state index in [2.05, 4.69) is 118 Å². The lowest BCUT2D eigenvalue weighted by molar-refractivity contribution is -0.166. The molecule has 0 heterocycles. The number of allylic oxidation sites excluding steroid dienone is 26. The third-order valence-electron chi connectivity index (χ3n) is 10.6. The van der Waals surface area contributed by atoms with Gasteiger partial charge in [0, 0.05) is 19.3 Å². The van der Waals surface area contributed by atoms with E-state index in [0.29, 0.717) is 12.8 Å². The number of esters is 3. The second-order valence-electron chi connectivity index (χ2n) is 17.1. The van der Waals surface area contributed by atoms with Crippen LogP contribution in [0.15, 0.2) is 158 Å². The lowest BCUT2D eigenvalue weighted by Gasteiger charge is -2.18. The van der Waals surface area contributed by atoms with Gasteiger partial charge in [-0.05, 0) is 109 Å². The fourth-order valence-corrected chi connectivity index (χ4v) is 6.63. The smallest absolute Gasteiger partial charge is 0.306 e. The minimum absolute atomic E-state index is 0.134. The molecule has 0 radical (unpaired) electrons. The Hall–Kier alpha value is -4.97. The van der Waals surface area contributed by atoms with Gasteiger partial charge in [-0.25, -0.2) is 0 Å². The number of hydrogen-bond acceptors (Lipinski definition) is 6. The zero-order chi connectivity index (χ0) is 50.0. The summed E-state index contributed by atoms with van der Waals surface area (Å²) in [5, 5.41) is 0. The minimum Gasteiger partial charge on any atom is -0.462 e. The van der Waals surface area contributed by atoms with Crippen molar-refractivity contribution < 1.29 is 28.6 Å². The van der Waals surface area contributed by atoms with Gasteiger partial charge in [0.2, 0.25) is 0 Å². The fraction of sp³-hybridized carbons (Fsp3) is 0.540. The molecule has 0 aliphatic carbocycles. The largest absolute Gasteiger partial charge is 0.462 e. The van der Waals surface area contributed by atoms with Crippen molar-refractivity contribution in [2.24, 2.45) is 0 Å². The van der Waals surface area contributed by atoms with Gasteiger partial charge in [0.15, 0.2) is 6.10 Å². The molecule has 0 bridgehead atoms. The van der Waals surface area contributed by atoms with E-state index in [1.54, 1.807) is 0 Å². The molecule has 1 unspecified atom stereocenters. The van der Waals surface area contributed by atoms with E-state index in [1.165, 1.54) is 44.9 Å². The lowest BCUT2D eigenvalue weighted by Crippen LogP contribution is -2.30. The average molecular weight is 949 g/mol. The quantitative estimate of drug-likeness (QED) is 0.0199. The first-order chi connectivity index (χ1) is 34.0. The second-order valence-corrected chi connectivity index (χ2v) is 17.1. The Morgan fingerprint density at radius 2 is 0.667 bits per heavy atom. The monoisotopic (exact) mass is 949 g/mol. The van der Waals surface area contributed by atoms with Crippen molar-refractivity contribution in [1.82, 2.24) is 0 Å². The fourth-order valence-electron chi connectivity index (χ4n) is 6.63. The van der Waals surface area contributed by atoms with Gasteiger partial charge in [-0.15, -0.1) is 0 Å². The molecule has 69 heavy (non-hydrogen) atoms. The highest BCUT2D eigenvalue weighted by atomic mass is 16.6. The first kappa shape index (κ1) is 64.0. The molecule has 6 nitrogen and oxygen atoms in total. The Labute approximate surface area is 422 Å². The molecule has 0 rings (SSSR count). The van der Waals surface area contributed by atoms with Gasteiger partial charge in [0.25, 0.3) is 0 Å². The molecule has 0 saturated heterocycles. The van der Waals surface area contributed by atoms with Crippen molar-refractivity contribution in [2.45, 2.75) is 207 Å². The maximum absolute atomic E-state index is 12.8. The number of hydrogen-bond donors (Lipinski definition) is 0. The Morgan fingerprint density at radius 3 is 1.16 bits per heavy atom. The second kappa shape index (κ2) is 55.6. The van der Waals surface area contributed by atoms with E-state index in [0.717, 1.165) is 103 Å². The van der Waals surface area contributed by atoms with Gasteiger partial charge in [-0.3, -0.25) is 14.4 Å². The molecule has 0 aliphatic heterocycles. The summed E-state index contributed by atoms with van der Waals surface area (Å²) in [6.45, 7) is 6.22. The first-order valence-corrected chi connectivity index (χ1v) is 27.1. The molecule has 0 spiro atoms. The normalized spacial score (nSPS) is 13.4. The maximum atomic E-state index is 12.8. The molecule has 0 saturated carbocycles. The minimum atomic E-state index is -0.839. The predicted molar refractivity (Wildman–Crippen MR) is 297 cm³/mol. The van der Waals surface area contributed by atoms with Gasteiger partial charge in [-0.2, -0.15) is 0 Å². The summed E-state index contributed by atoms with van der Waals surface area (Å²) in [5.74, 6) is -1.08. The summed E-state index contributed by atoms with van der Waals surface area (Å²) in [6.07, 6.45) is 80.9. The van der Waals surface area contributed by atoms with Crippen LogP contribution in [0.25, 0.3) is 0 Å². The third-order valence-corrected chi connectivity index (χ3v) is 10.6. The number of carbonyl (C=O) groups excluding carboxylic acids is 3. The van der Waals surface area contributed by atoms with E-state index in [-0.39, 0.29) is 50.4 Å². The molecule has 0 aliphatic rings. The summed E-state index contributed by atoms with van der Waals surface area (Å²) in [7, 11) is 0. The molecular formula is C63H96O6. The summed E-state index contributed by atoms with van der Waals surface area (Å²) in [6, 6.07) is 0. The van der Waals surface area contributed by atoms with Crippen LogP contribution in [0, 0.1) is 0 Å². The van der Waals surface area contributed by atoms with Crippen molar-refractivity contribution in [3.63, 3.8) is 0 Å². The molecule has 0 amide bonds. The average Bonchev–Trinajstić information content (AvgIpc) is 3.35. The van der Waals surface area contributed by atoms with Crippen LogP contribution in [0.2, 0.25) is 0 Å². The Morgan fingerprint density at radius 1 is 0.319 bits per heavy atom. The number of ether oxygens (including phenoxy) is 3. The summed E-state index contributed by atoms with van der Waals surface area (Å²) >= 11 is 0. The topological polar surface area (TPSA) is 78.9 Å². The molecule has 1 atom stereocenters. The van der Waals surface area contributed by atoms with Crippen molar-refractivity contribution in [2.75, 3.05) is 13.2 Å². The predicted octanol–water partition coefficient (Wildman–Crippen LogP) is 18.2. The highest BCUT2D eigenvalue weighted by Gasteiger charge is 2.19. The molecule has 0 aromatic heterocycles. The van der Waals surface area contributed by atoms with Crippen LogP contribution in [-0.2, 0) is 28.6 Å². The molecule has 0 N–H and O–H groups in total. The highest BCUT2D eigenvalue weighted by molar-refractivity contribution is 5.71. The number of unbranched alkanes of at least 4 members (excludes halogenated alkanes) is 13. The van der Waals surface area contributed by atoms with Crippen molar-refractivity contribution in [1.29, 1.82) is 0 Å². The number of carbonyl (C=O) groups is 3. The van der Waals surface area contributed by atoms with Crippen LogP contribution < -0.4 is 0 Å². The van der Waals surface area contributed by atoms with E-state index in [4.69, 9.17) is 14.2 Å². The standard InChI is InChI=1S/C63H96O6/c1-4-7-10-13-16-19-22-25-28-30-31-33-35-38-41-44-47-50-53-56-62(65)68-59-60(58-67-61(64)55-52-49-46-43-40-37-34-27-24-21-18-15-12-9-6-3)69-63(66)57-54-51-48-45-42-39-36-32-29-26-23-20-17-14-11-8-5-2/h7,9-10,12,15-21,24-29,31,33-34,37-38,40-41,47,50,60H,4-6,8,11,13-14,22-23,30,32,35-36,39,42-46,48-49,51-59H2,1-3H3/b10-7-,12-9-,18-15-,19-16-,20-17-,24-21-,28-25-,29-26-,33-31-,34-27-,40-37-,41-38-,50-47-. The van der Waals surface area contributed by atoms with Crippen LogP contribution in [0.4, 0.5) is 0 Å². The Kier molecular flexibility index (Phi) is 51.6. The van der Waals surface area contributed by atoms with E-state index in [9.17, 15) is 14.4 Å². The molecule has 0 fully saturated rings. The van der Waals surface area contributed by atoms with Gasteiger partial charge < -0.3 is 14.2 Å². The van der Waals surface area contributed by atoms with Gasteiger partial charge in [0.05, 0.1) is 0 Å². The summed E-state index contributed by atoms with van der Waals surface area (Å²) < 4.78 is 16.7. The van der Waals surface area contributed by atoms with Crippen molar-refractivity contribution in [3.8, 4) is 0 Å². The first-order valence-electron chi connectivity index (χ1n) is 27.1. The molecular weight excluding hydrogens is 853 g/mol. The molecule has 6 heteroatoms. The highest BCUT2D eigenvalue weighted by Crippen LogP contribution is 2.13. The SMILES string of the molecule is CC\C=C/C=C\C=C/C=C\C=C/CCCCCC(=O)OCC(COC(=O)CC/C=C\C/C=C\C/C=C\C/C=C\C/C=C\C/C=C\CC)OC(=O)CCCCCCCCC/C=C\C/C=C\CCCCC. The van der Waals surface area contributed by atoms with Gasteiger partial charge in [-0.1, -0.05) is 230 Å². The van der Waals surface area contributed by atoms with E-state index in [1.807, 2.05) is 60.8 Å². The Bertz CT molecular complexity index is 1610. The van der Waals surface area contributed by atoms with Gasteiger partial charge >= 0.3 is 17.9 Å². The molecule has 384 valence electrons. The summed E-state index contributed by atoms with van der Waals surface area (Å²) in [5.41, 5.74) is 0. The van der Waals surface area contributed by atoms with Crippen LogP contribution >= 0.6 is 0 Å². The maximum Gasteiger partial charge on any atom is 0.306 e. The van der Waals surface area contributed by atoms with E-state index < -0.39 is 6.10 Å². The van der Waals surface area contributed by atoms with Crippen LogP contribution in [0.5, 0.6) is 0 Å². The van der Waals surface area contributed by atoms with Crippen molar-refractivity contribution in [3.05, 3.63) is 158 Å². The van der Waals surface area contributed by atoms with Gasteiger partial charge in [0.1, 0.15) is 13.2 Å². The number of rotatable bonds is 46. The molecule has 0 aromatic rings. The Balaban J connectivity index is 4.62. The van der Waals surface area contributed by atoms with Crippen LogP contribution in [-0.4, -0.2) is 37.2 Å². The lowest BCUT2D eigenvalue weighted by atomic mass is 10.1. The van der Waals surface area contributed by atoms with E-state index >= 15 is 0 Å². The zero-order valence-corrected chi connectivity index (χ0v) is 43.8.